The molecule has 0 unspecified atom stereocenters. The second kappa shape index (κ2) is 7.28. The van der Waals surface area contributed by atoms with Crippen LogP contribution in [0.2, 0.25) is 0 Å². The molecule has 0 fully saturated rings. The van der Waals surface area contributed by atoms with E-state index in [1.165, 1.54) is 0 Å². The fourth-order valence-electron chi connectivity index (χ4n) is 1.29. The van der Waals surface area contributed by atoms with Crippen LogP contribution in [0.3, 0.4) is 0 Å². The van der Waals surface area contributed by atoms with Crippen molar-refractivity contribution in [1.82, 2.24) is 0 Å². The number of rotatable bonds is 5. The zero-order valence-corrected chi connectivity index (χ0v) is 11.5. The first-order chi connectivity index (χ1) is 8.24. The Kier molecular flexibility index (Phi) is 7.07. The predicted octanol–water partition coefficient (Wildman–Crippen LogP) is 0.777. The summed E-state index contributed by atoms with van der Waals surface area (Å²) >= 11 is 0. The van der Waals surface area contributed by atoms with Gasteiger partial charge in [0.1, 0.15) is 0 Å². The molecule has 0 radical (unpaired) electrons. The van der Waals surface area contributed by atoms with E-state index in [1.54, 1.807) is 45.0 Å². The molecule has 1 atom stereocenters. The van der Waals surface area contributed by atoms with Gasteiger partial charge in [0.25, 0.3) is 0 Å². The van der Waals surface area contributed by atoms with Crippen LogP contribution in [0.1, 0.15) is 32.3 Å². The van der Waals surface area contributed by atoms with Crippen LogP contribution in [-0.4, -0.2) is 49.1 Å². The number of nitrogens with one attached hydrogen (secondary N) is 1. The van der Waals surface area contributed by atoms with Crippen molar-refractivity contribution in [3.8, 4) is 0 Å². The Bertz CT molecular complexity index is 526. The fourth-order valence-corrected chi connectivity index (χ4v) is 1.99. The average molecular weight is 294 g/mol. The van der Waals surface area contributed by atoms with E-state index in [2.05, 4.69) is 4.72 Å². The minimum atomic E-state index is -3.34. The van der Waals surface area contributed by atoms with Gasteiger partial charge in [0.2, 0.25) is 15.9 Å². The molecule has 0 heterocycles. The predicted molar refractivity (Wildman–Crippen MR) is 78.9 cm³/mol. The summed E-state index contributed by atoms with van der Waals surface area (Å²) in [5.41, 5.74) is 6.43. The summed E-state index contributed by atoms with van der Waals surface area (Å²) < 4.78 is 25.8. The summed E-state index contributed by atoms with van der Waals surface area (Å²) in [4.78, 5) is 11.0. The van der Waals surface area contributed by atoms with E-state index < -0.39 is 21.2 Å². The normalized spacial score (nSPS) is 12.6. The molecule has 0 saturated heterocycles. The van der Waals surface area contributed by atoms with Crippen LogP contribution < -0.4 is 10.5 Å². The molecule has 1 aromatic carbocycles. The SMILES string of the molecule is CC(C)S(=O)(=O)Nc1ccc([C@@H](C)C(N)=O)cc1.[NaH]. The van der Waals surface area contributed by atoms with E-state index in [-0.39, 0.29) is 35.5 Å². The Hall–Kier alpha value is -0.560. The van der Waals surface area contributed by atoms with Gasteiger partial charge in [-0.25, -0.2) is 8.42 Å². The number of nitrogens with two attached hydrogens (primary N) is 1. The van der Waals surface area contributed by atoms with Crippen LogP contribution in [0.25, 0.3) is 0 Å². The Morgan fingerprint density at radius 3 is 2.00 bits per heavy atom. The van der Waals surface area contributed by atoms with Crippen molar-refractivity contribution in [1.29, 1.82) is 0 Å². The third-order valence-corrected chi connectivity index (χ3v) is 4.48. The number of carbonyl (C=O) groups excluding carboxylic acids is 1. The zero-order chi connectivity index (χ0) is 13.9. The van der Waals surface area contributed by atoms with Gasteiger partial charge in [-0.2, -0.15) is 0 Å². The third-order valence-electron chi connectivity index (χ3n) is 2.72. The Balaban J connectivity index is 0.00000324. The summed E-state index contributed by atoms with van der Waals surface area (Å²) in [5, 5.41) is -0.498. The van der Waals surface area contributed by atoms with Gasteiger partial charge in [-0.1, -0.05) is 12.1 Å². The molecular weight excluding hydrogens is 275 g/mol. The number of anilines is 1. The van der Waals surface area contributed by atoms with Crippen molar-refractivity contribution in [3.63, 3.8) is 0 Å². The molecule has 102 valence electrons. The molecule has 1 amide bonds. The molecule has 0 aromatic heterocycles. The molecule has 0 aliphatic rings. The molecule has 1 rings (SSSR count). The van der Waals surface area contributed by atoms with Gasteiger partial charge < -0.3 is 5.73 Å². The number of hydrogen-bond donors (Lipinski definition) is 2. The van der Waals surface area contributed by atoms with Gasteiger partial charge in [0.05, 0.1) is 11.2 Å². The van der Waals surface area contributed by atoms with Crippen molar-refractivity contribution < 1.29 is 13.2 Å². The van der Waals surface area contributed by atoms with E-state index in [1.807, 2.05) is 0 Å². The number of amides is 1. The molecule has 0 saturated carbocycles. The van der Waals surface area contributed by atoms with Gasteiger partial charge in [-0.3, -0.25) is 9.52 Å². The van der Waals surface area contributed by atoms with Crippen molar-refractivity contribution in [2.24, 2.45) is 5.73 Å². The summed E-state index contributed by atoms with van der Waals surface area (Å²) in [6.45, 7) is 4.91. The Morgan fingerprint density at radius 1 is 1.16 bits per heavy atom. The monoisotopic (exact) mass is 294 g/mol. The van der Waals surface area contributed by atoms with Crippen LogP contribution in [0.15, 0.2) is 24.3 Å². The standard InChI is InChI=1S/C12H18N2O3S.Na.H/c1-8(2)18(16,17)14-11-6-4-10(5-7-11)9(3)12(13)15;;/h4-9,14H,1-3H3,(H2,13,15);;/t9-;;/m1../s1. The van der Waals surface area contributed by atoms with Crippen LogP contribution in [0, 0.1) is 0 Å². The van der Waals surface area contributed by atoms with E-state index in [0.29, 0.717) is 5.69 Å². The number of benzene rings is 1. The van der Waals surface area contributed by atoms with Crippen molar-refractivity contribution in [2.75, 3.05) is 4.72 Å². The third kappa shape index (κ3) is 5.14. The van der Waals surface area contributed by atoms with Crippen molar-refractivity contribution in [3.05, 3.63) is 29.8 Å². The summed E-state index contributed by atoms with van der Waals surface area (Å²) in [7, 11) is -3.34. The molecule has 3 N–H and O–H groups in total. The fraction of sp³-hybridized carbons (Fsp3) is 0.417. The molecule has 19 heavy (non-hydrogen) atoms. The second-order valence-corrected chi connectivity index (χ2v) is 6.68. The zero-order valence-electron chi connectivity index (χ0n) is 10.7. The van der Waals surface area contributed by atoms with E-state index >= 15 is 0 Å². The Morgan fingerprint density at radius 2 is 1.63 bits per heavy atom. The maximum atomic E-state index is 11.6. The average Bonchev–Trinajstić information content (AvgIpc) is 2.28. The van der Waals surface area contributed by atoms with Crippen LogP contribution in [-0.2, 0) is 14.8 Å². The van der Waals surface area contributed by atoms with Gasteiger partial charge in [-0.05, 0) is 38.5 Å². The molecular formula is C12H19N2NaO3S. The maximum absolute atomic E-state index is 11.6. The van der Waals surface area contributed by atoms with Crippen LogP contribution >= 0.6 is 0 Å². The summed E-state index contributed by atoms with van der Waals surface area (Å²) in [6.07, 6.45) is 0. The minimum absolute atomic E-state index is 0. The molecule has 0 aliphatic carbocycles. The van der Waals surface area contributed by atoms with Crippen LogP contribution in [0.4, 0.5) is 5.69 Å². The first-order valence-electron chi connectivity index (χ1n) is 5.65. The van der Waals surface area contributed by atoms with Crippen LogP contribution in [0.5, 0.6) is 0 Å². The summed E-state index contributed by atoms with van der Waals surface area (Å²) in [5.74, 6) is -0.800. The number of sulfonamides is 1. The quantitative estimate of drug-likeness (QED) is 0.786. The van der Waals surface area contributed by atoms with Gasteiger partial charge in [-0.15, -0.1) is 0 Å². The van der Waals surface area contributed by atoms with E-state index in [4.69, 9.17) is 5.73 Å². The topological polar surface area (TPSA) is 89.3 Å². The van der Waals surface area contributed by atoms with Gasteiger partial charge in [0, 0.05) is 5.69 Å². The Labute approximate surface area is 136 Å². The van der Waals surface area contributed by atoms with Crippen molar-refractivity contribution in [2.45, 2.75) is 31.9 Å². The molecule has 7 heteroatoms. The molecule has 0 spiro atoms. The molecule has 0 bridgehead atoms. The number of carbonyl (C=O) groups is 1. The second-order valence-electron chi connectivity index (χ2n) is 4.44. The summed E-state index contributed by atoms with van der Waals surface area (Å²) in [6, 6.07) is 6.62. The molecule has 5 nitrogen and oxygen atoms in total. The van der Waals surface area contributed by atoms with Gasteiger partial charge in [0.15, 0.2) is 0 Å². The van der Waals surface area contributed by atoms with Gasteiger partial charge >= 0.3 is 29.6 Å². The van der Waals surface area contributed by atoms with Crippen molar-refractivity contribution >= 4 is 51.2 Å². The molecule has 0 aliphatic heterocycles. The van der Waals surface area contributed by atoms with E-state index in [0.717, 1.165) is 5.56 Å². The first-order valence-corrected chi connectivity index (χ1v) is 7.19. The van der Waals surface area contributed by atoms with E-state index in [9.17, 15) is 13.2 Å². The number of hydrogen-bond acceptors (Lipinski definition) is 3. The number of primary amides is 1. The first kappa shape index (κ1) is 18.4. The molecule has 1 aromatic rings.